The molecule has 142 valence electrons. The molecule has 0 aliphatic heterocycles. The molecule has 27 heavy (non-hydrogen) atoms. The van der Waals surface area contributed by atoms with Crippen molar-refractivity contribution in [1.29, 1.82) is 0 Å². The van der Waals surface area contributed by atoms with Crippen molar-refractivity contribution in [3.63, 3.8) is 0 Å². The summed E-state index contributed by atoms with van der Waals surface area (Å²) in [6.45, 7) is 1.87. The zero-order valence-electron chi connectivity index (χ0n) is 14.2. The van der Waals surface area contributed by atoms with Crippen molar-refractivity contribution in [3.8, 4) is 11.3 Å². The Balaban J connectivity index is 2.17. The van der Waals surface area contributed by atoms with Crippen LogP contribution in [0.5, 0.6) is 0 Å². The highest BCUT2D eigenvalue weighted by Crippen LogP contribution is 2.33. The van der Waals surface area contributed by atoms with Crippen LogP contribution in [-0.4, -0.2) is 18.2 Å². The molecular formula is C18H16F3N3O2S. The van der Waals surface area contributed by atoms with E-state index in [-0.39, 0.29) is 17.0 Å². The van der Waals surface area contributed by atoms with Gasteiger partial charge in [-0.2, -0.15) is 18.3 Å². The number of sulfonamides is 1. The molecule has 1 aromatic carbocycles. The van der Waals surface area contributed by atoms with Crippen LogP contribution in [0.1, 0.15) is 17.7 Å². The Hall–Kier alpha value is -2.65. The zero-order chi connectivity index (χ0) is 19.8. The molecule has 0 atom stereocenters. The fraction of sp³-hybridized carbons (Fsp3) is 0.167. The summed E-state index contributed by atoms with van der Waals surface area (Å²) in [6, 6.07) is 7.95. The third-order valence-corrected chi connectivity index (χ3v) is 5.04. The van der Waals surface area contributed by atoms with Gasteiger partial charge < -0.3 is 0 Å². The summed E-state index contributed by atoms with van der Waals surface area (Å²) in [5, 5.41) is 8.82. The van der Waals surface area contributed by atoms with Crippen LogP contribution in [0.3, 0.4) is 0 Å². The second-order valence-electron chi connectivity index (χ2n) is 6.07. The van der Waals surface area contributed by atoms with Gasteiger partial charge >= 0.3 is 6.18 Å². The van der Waals surface area contributed by atoms with Crippen LogP contribution in [0.4, 0.5) is 13.2 Å². The fourth-order valence-corrected chi connectivity index (χ4v) is 3.18. The third kappa shape index (κ3) is 4.20. The van der Waals surface area contributed by atoms with E-state index < -0.39 is 21.9 Å². The first-order valence-electron chi connectivity index (χ1n) is 7.90. The van der Waals surface area contributed by atoms with Crippen LogP contribution >= 0.6 is 0 Å². The maximum atomic E-state index is 13.2. The van der Waals surface area contributed by atoms with Crippen molar-refractivity contribution in [2.24, 2.45) is 5.14 Å². The lowest BCUT2D eigenvalue weighted by molar-refractivity contribution is -0.141. The number of allylic oxidation sites excluding steroid dienone is 6. The van der Waals surface area contributed by atoms with Crippen LogP contribution in [-0.2, 0) is 16.2 Å². The molecular weight excluding hydrogens is 379 g/mol. The number of rotatable bonds is 3. The predicted molar refractivity (Wildman–Crippen MR) is 96.6 cm³/mol. The molecule has 3 rings (SSSR count). The Morgan fingerprint density at radius 2 is 1.81 bits per heavy atom. The summed E-state index contributed by atoms with van der Waals surface area (Å²) in [6.07, 6.45) is 1.13. The SMILES string of the molecule is Cc1ccc(-c2cc(C(F)(F)F)nn2C2=CC=C(S(N)(=O)=O)CC=C2)cc1. The lowest BCUT2D eigenvalue weighted by Gasteiger charge is -2.08. The first-order chi connectivity index (χ1) is 12.6. The molecule has 2 N–H and O–H groups in total. The molecule has 0 unspecified atom stereocenters. The Bertz CT molecular complexity index is 1060. The Morgan fingerprint density at radius 3 is 2.41 bits per heavy atom. The summed E-state index contributed by atoms with van der Waals surface area (Å²) in [5.74, 6) is 0. The minimum absolute atomic E-state index is 0.0335. The number of halogens is 3. The number of hydrogen-bond acceptors (Lipinski definition) is 3. The number of aryl methyl sites for hydroxylation is 1. The Kier molecular flexibility index (Phi) is 4.83. The largest absolute Gasteiger partial charge is 0.435 e. The zero-order valence-corrected chi connectivity index (χ0v) is 15.1. The van der Waals surface area contributed by atoms with Crippen LogP contribution in [0.25, 0.3) is 17.0 Å². The molecule has 0 fully saturated rings. The highest BCUT2D eigenvalue weighted by atomic mass is 32.2. The summed E-state index contributed by atoms with van der Waals surface area (Å²) < 4.78 is 63.8. The first kappa shape index (κ1) is 19.1. The van der Waals surface area contributed by atoms with Gasteiger partial charge in [-0.3, -0.25) is 0 Å². The number of aromatic nitrogens is 2. The minimum Gasteiger partial charge on any atom is -0.233 e. The third-order valence-electron chi connectivity index (χ3n) is 4.00. The maximum absolute atomic E-state index is 13.2. The predicted octanol–water partition coefficient (Wildman–Crippen LogP) is 3.85. The van der Waals surface area contributed by atoms with Gasteiger partial charge in [0, 0.05) is 12.0 Å². The van der Waals surface area contributed by atoms with E-state index in [0.29, 0.717) is 11.3 Å². The molecule has 0 saturated heterocycles. The molecule has 0 saturated carbocycles. The standard InChI is InChI=1S/C18H16F3N3O2S/c1-12-5-7-13(8-6-12)16-11-17(18(19,20)21)23-24(16)14-3-2-4-15(10-9-14)27(22,25)26/h2-3,5-11H,4H2,1H3,(H2,22,25,26). The van der Waals surface area contributed by atoms with Crippen molar-refractivity contribution in [1.82, 2.24) is 9.78 Å². The molecule has 5 nitrogen and oxygen atoms in total. The molecule has 1 aliphatic rings. The van der Waals surface area contributed by atoms with E-state index in [1.807, 2.05) is 6.92 Å². The molecule has 9 heteroatoms. The average molecular weight is 395 g/mol. The van der Waals surface area contributed by atoms with E-state index >= 15 is 0 Å². The monoisotopic (exact) mass is 395 g/mol. The number of benzene rings is 1. The van der Waals surface area contributed by atoms with E-state index in [9.17, 15) is 21.6 Å². The van der Waals surface area contributed by atoms with Crippen LogP contribution in [0.15, 0.2) is 59.5 Å². The molecule has 0 amide bonds. The molecule has 1 aromatic heterocycles. The minimum atomic E-state index is -4.61. The average Bonchev–Trinajstić information content (AvgIpc) is 2.86. The van der Waals surface area contributed by atoms with Gasteiger partial charge in [-0.1, -0.05) is 35.9 Å². The van der Waals surface area contributed by atoms with Crippen molar-refractivity contribution < 1.29 is 21.6 Å². The van der Waals surface area contributed by atoms with E-state index in [2.05, 4.69) is 5.10 Å². The number of primary sulfonamides is 1. The highest BCUT2D eigenvalue weighted by molar-refractivity contribution is 7.93. The van der Waals surface area contributed by atoms with Gasteiger partial charge in [-0.25, -0.2) is 18.2 Å². The van der Waals surface area contributed by atoms with Gasteiger partial charge in [0.1, 0.15) is 0 Å². The maximum Gasteiger partial charge on any atom is 0.435 e. The van der Waals surface area contributed by atoms with E-state index in [0.717, 1.165) is 16.3 Å². The lowest BCUT2D eigenvalue weighted by Crippen LogP contribution is -2.13. The molecule has 2 aromatic rings. The van der Waals surface area contributed by atoms with Gasteiger partial charge in [0.2, 0.25) is 10.0 Å². The summed E-state index contributed by atoms with van der Waals surface area (Å²) in [4.78, 5) is -0.0335. The van der Waals surface area contributed by atoms with Gasteiger partial charge in [0.05, 0.1) is 16.3 Å². The van der Waals surface area contributed by atoms with Crippen LogP contribution in [0, 0.1) is 6.92 Å². The summed E-state index contributed by atoms with van der Waals surface area (Å²) >= 11 is 0. The molecule has 0 spiro atoms. The van der Waals surface area contributed by atoms with Gasteiger partial charge in [-0.15, -0.1) is 0 Å². The summed E-state index contributed by atoms with van der Waals surface area (Å²) in [5.41, 5.74) is 1.02. The van der Waals surface area contributed by atoms with Crippen molar-refractivity contribution in [2.75, 3.05) is 0 Å². The number of nitrogens with two attached hydrogens (primary N) is 1. The van der Waals surface area contributed by atoms with Gasteiger partial charge in [-0.05, 0) is 31.2 Å². The quantitative estimate of drug-likeness (QED) is 0.857. The second-order valence-corrected chi connectivity index (χ2v) is 7.68. The number of alkyl halides is 3. The van der Waals surface area contributed by atoms with Crippen LogP contribution in [0.2, 0.25) is 0 Å². The van der Waals surface area contributed by atoms with Gasteiger partial charge in [0.25, 0.3) is 0 Å². The van der Waals surface area contributed by atoms with E-state index in [1.165, 1.54) is 24.3 Å². The highest BCUT2D eigenvalue weighted by Gasteiger charge is 2.35. The van der Waals surface area contributed by atoms with Crippen LogP contribution < -0.4 is 5.14 Å². The van der Waals surface area contributed by atoms with Crippen molar-refractivity contribution in [2.45, 2.75) is 19.5 Å². The first-order valence-corrected chi connectivity index (χ1v) is 9.45. The van der Waals surface area contributed by atoms with E-state index in [1.54, 1.807) is 24.3 Å². The van der Waals surface area contributed by atoms with Crippen molar-refractivity contribution in [3.05, 3.63) is 70.8 Å². The van der Waals surface area contributed by atoms with Gasteiger partial charge in [0.15, 0.2) is 5.69 Å². The molecule has 0 radical (unpaired) electrons. The Labute approximate surface area is 154 Å². The normalized spacial score (nSPS) is 15.3. The lowest BCUT2D eigenvalue weighted by atomic mass is 10.1. The second kappa shape index (κ2) is 6.82. The Morgan fingerprint density at radius 1 is 1.15 bits per heavy atom. The molecule has 0 bridgehead atoms. The smallest absolute Gasteiger partial charge is 0.233 e. The summed E-state index contributed by atoms with van der Waals surface area (Å²) in [7, 11) is -3.88. The number of nitrogens with zero attached hydrogens (tertiary/aromatic N) is 2. The molecule has 1 aliphatic carbocycles. The van der Waals surface area contributed by atoms with Crippen molar-refractivity contribution >= 4 is 15.7 Å². The van der Waals surface area contributed by atoms with E-state index in [4.69, 9.17) is 5.14 Å². The fourth-order valence-electron chi connectivity index (χ4n) is 2.60. The number of hydrogen-bond donors (Lipinski definition) is 1. The molecule has 1 heterocycles. The topological polar surface area (TPSA) is 78.0 Å².